The van der Waals surface area contributed by atoms with Crippen LogP contribution in [0.15, 0.2) is 78.9 Å². The van der Waals surface area contributed by atoms with Crippen molar-refractivity contribution in [2.45, 2.75) is 19.8 Å². The van der Waals surface area contributed by atoms with Crippen LogP contribution in [-0.2, 0) is 11.2 Å². The van der Waals surface area contributed by atoms with Crippen LogP contribution in [0.3, 0.4) is 0 Å². The molecule has 0 heterocycles. The lowest BCUT2D eigenvalue weighted by atomic mass is 10.0. The highest BCUT2D eigenvalue weighted by molar-refractivity contribution is 6.33. The van der Waals surface area contributed by atoms with Gasteiger partial charge in [0.2, 0.25) is 0 Å². The first-order valence-electron chi connectivity index (χ1n) is 10.2. The number of benzene rings is 3. The van der Waals surface area contributed by atoms with Gasteiger partial charge in [-0.15, -0.1) is 0 Å². The molecule has 0 saturated heterocycles. The summed E-state index contributed by atoms with van der Waals surface area (Å²) in [6.45, 7) is 3.19. The van der Waals surface area contributed by atoms with Gasteiger partial charge >= 0.3 is 0 Å². The van der Waals surface area contributed by atoms with E-state index >= 15 is 0 Å². The van der Waals surface area contributed by atoms with E-state index in [2.05, 4.69) is 11.4 Å². The molecule has 30 heavy (non-hydrogen) atoms. The summed E-state index contributed by atoms with van der Waals surface area (Å²) >= 11 is 6.31. The zero-order valence-corrected chi connectivity index (χ0v) is 17.9. The number of rotatable bonds is 9. The standard InChI is InChI=1S/C26H26ClNO2/c1-2-30-25-17-9-7-13-21(25)15-10-18-28-26(29)23(20-11-4-3-5-12-20)19-22-14-6-8-16-24(22)27/h3-9,11-14,16-17,19H,2,10,15,18H2,1H3,(H,28,29)/b23-19+. The lowest BCUT2D eigenvalue weighted by Gasteiger charge is -2.12. The van der Waals surface area contributed by atoms with E-state index in [4.69, 9.17) is 16.3 Å². The van der Waals surface area contributed by atoms with Gasteiger partial charge in [0.15, 0.2) is 0 Å². The van der Waals surface area contributed by atoms with Crippen LogP contribution in [0.5, 0.6) is 5.75 Å². The number of halogens is 1. The highest BCUT2D eigenvalue weighted by Gasteiger charge is 2.13. The van der Waals surface area contributed by atoms with Crippen molar-refractivity contribution < 1.29 is 9.53 Å². The van der Waals surface area contributed by atoms with Gasteiger partial charge in [0, 0.05) is 17.1 Å². The molecule has 0 atom stereocenters. The zero-order valence-electron chi connectivity index (χ0n) is 17.1. The number of hydrogen-bond donors (Lipinski definition) is 1. The minimum Gasteiger partial charge on any atom is -0.494 e. The van der Waals surface area contributed by atoms with Crippen molar-refractivity contribution in [3.63, 3.8) is 0 Å². The SMILES string of the molecule is CCOc1ccccc1CCCNC(=O)/C(=C/c1ccccc1Cl)c1ccccc1. The summed E-state index contributed by atoms with van der Waals surface area (Å²) < 4.78 is 5.68. The Morgan fingerprint density at radius 3 is 2.43 bits per heavy atom. The third-order valence-electron chi connectivity index (χ3n) is 4.72. The number of ether oxygens (including phenoxy) is 1. The Morgan fingerprint density at radius 2 is 1.67 bits per heavy atom. The van der Waals surface area contributed by atoms with Crippen LogP contribution in [0.2, 0.25) is 5.02 Å². The molecule has 4 heteroatoms. The summed E-state index contributed by atoms with van der Waals surface area (Å²) in [4.78, 5) is 13.0. The van der Waals surface area contributed by atoms with Gasteiger partial charge < -0.3 is 10.1 Å². The number of nitrogens with one attached hydrogen (secondary N) is 1. The van der Waals surface area contributed by atoms with Gasteiger partial charge in [-0.1, -0.05) is 78.3 Å². The molecule has 0 aromatic heterocycles. The molecule has 0 radical (unpaired) electrons. The van der Waals surface area contributed by atoms with E-state index in [-0.39, 0.29) is 5.91 Å². The maximum Gasteiger partial charge on any atom is 0.251 e. The van der Waals surface area contributed by atoms with E-state index in [9.17, 15) is 4.79 Å². The Hall–Kier alpha value is -3.04. The largest absolute Gasteiger partial charge is 0.494 e. The number of carbonyl (C=O) groups excluding carboxylic acids is 1. The third kappa shape index (κ3) is 5.98. The first-order valence-corrected chi connectivity index (χ1v) is 10.6. The van der Waals surface area contributed by atoms with Crippen LogP contribution >= 0.6 is 11.6 Å². The van der Waals surface area contributed by atoms with E-state index in [0.717, 1.165) is 35.3 Å². The lowest BCUT2D eigenvalue weighted by molar-refractivity contribution is -0.115. The topological polar surface area (TPSA) is 38.3 Å². The molecular formula is C26H26ClNO2. The third-order valence-corrected chi connectivity index (χ3v) is 5.06. The Balaban J connectivity index is 1.68. The van der Waals surface area contributed by atoms with Gasteiger partial charge in [-0.25, -0.2) is 0 Å². The fraction of sp³-hybridized carbons (Fsp3) is 0.192. The molecule has 0 saturated carbocycles. The van der Waals surface area contributed by atoms with Crippen LogP contribution < -0.4 is 10.1 Å². The molecule has 0 fully saturated rings. The second-order valence-corrected chi connectivity index (χ2v) is 7.25. The van der Waals surface area contributed by atoms with Gasteiger partial charge in [-0.2, -0.15) is 0 Å². The summed E-state index contributed by atoms with van der Waals surface area (Å²) in [7, 11) is 0. The smallest absolute Gasteiger partial charge is 0.251 e. The Kier molecular flexibility index (Phi) is 8.10. The van der Waals surface area contributed by atoms with Crippen molar-refractivity contribution in [1.29, 1.82) is 0 Å². The molecule has 0 aliphatic heterocycles. The molecule has 1 N–H and O–H groups in total. The second-order valence-electron chi connectivity index (χ2n) is 6.85. The van der Waals surface area contributed by atoms with Gasteiger partial charge in [0.1, 0.15) is 5.75 Å². The predicted molar refractivity (Wildman–Crippen MR) is 125 cm³/mol. The molecule has 0 spiro atoms. The minimum atomic E-state index is -0.112. The average Bonchev–Trinajstić information content (AvgIpc) is 2.78. The molecule has 3 rings (SSSR count). The lowest BCUT2D eigenvalue weighted by Crippen LogP contribution is -2.25. The van der Waals surface area contributed by atoms with E-state index in [1.54, 1.807) is 0 Å². The van der Waals surface area contributed by atoms with Gasteiger partial charge in [0.05, 0.1) is 6.61 Å². The highest BCUT2D eigenvalue weighted by atomic mass is 35.5. The Morgan fingerprint density at radius 1 is 0.967 bits per heavy atom. The summed E-state index contributed by atoms with van der Waals surface area (Å²) in [6.07, 6.45) is 3.51. The van der Waals surface area contributed by atoms with Crippen molar-refractivity contribution in [1.82, 2.24) is 5.32 Å². The van der Waals surface area contributed by atoms with Crippen LogP contribution in [-0.4, -0.2) is 19.1 Å². The van der Waals surface area contributed by atoms with Crippen LogP contribution in [0.4, 0.5) is 0 Å². The van der Waals surface area contributed by atoms with Crippen LogP contribution in [0, 0.1) is 0 Å². The first-order chi connectivity index (χ1) is 14.7. The molecule has 3 aromatic carbocycles. The number of amides is 1. The fourth-order valence-corrected chi connectivity index (χ4v) is 3.42. The average molecular weight is 420 g/mol. The second kappa shape index (κ2) is 11.2. The van der Waals surface area contributed by atoms with Gasteiger partial charge in [-0.3, -0.25) is 4.79 Å². The minimum absolute atomic E-state index is 0.112. The monoisotopic (exact) mass is 419 g/mol. The quantitative estimate of drug-likeness (QED) is 0.261. The van der Waals surface area contributed by atoms with Gasteiger partial charge in [-0.05, 0) is 54.7 Å². The fourth-order valence-electron chi connectivity index (χ4n) is 3.23. The Labute approximate surface area is 183 Å². The molecule has 154 valence electrons. The van der Waals surface area contributed by atoms with Crippen molar-refractivity contribution in [3.8, 4) is 5.75 Å². The van der Waals surface area contributed by atoms with E-state index in [0.29, 0.717) is 23.7 Å². The molecule has 3 aromatic rings. The molecule has 1 amide bonds. The zero-order chi connectivity index (χ0) is 21.2. The number of aryl methyl sites for hydroxylation is 1. The van der Waals surface area contributed by atoms with E-state index in [1.165, 1.54) is 0 Å². The molecule has 0 aliphatic rings. The summed E-state index contributed by atoms with van der Waals surface area (Å²) in [6, 6.07) is 25.2. The molecule has 3 nitrogen and oxygen atoms in total. The Bertz CT molecular complexity index is 999. The molecule has 0 bridgehead atoms. The van der Waals surface area contributed by atoms with Crippen molar-refractivity contribution >= 4 is 29.2 Å². The first kappa shape index (κ1) is 21.7. The number of hydrogen-bond acceptors (Lipinski definition) is 2. The highest BCUT2D eigenvalue weighted by Crippen LogP contribution is 2.23. The van der Waals surface area contributed by atoms with Crippen molar-refractivity contribution in [3.05, 3.63) is 101 Å². The van der Waals surface area contributed by atoms with Crippen molar-refractivity contribution in [2.75, 3.05) is 13.2 Å². The van der Waals surface area contributed by atoms with E-state index in [1.807, 2.05) is 85.8 Å². The number of carbonyl (C=O) groups is 1. The molecule has 0 unspecified atom stereocenters. The molecular weight excluding hydrogens is 394 g/mol. The van der Waals surface area contributed by atoms with Crippen LogP contribution in [0.1, 0.15) is 30.0 Å². The summed E-state index contributed by atoms with van der Waals surface area (Å²) in [5.74, 6) is 0.800. The number of para-hydroxylation sites is 1. The maximum atomic E-state index is 13.0. The van der Waals surface area contributed by atoms with Crippen LogP contribution in [0.25, 0.3) is 11.6 Å². The predicted octanol–water partition coefficient (Wildman–Crippen LogP) is 6.03. The van der Waals surface area contributed by atoms with E-state index < -0.39 is 0 Å². The normalized spacial score (nSPS) is 11.2. The van der Waals surface area contributed by atoms with Gasteiger partial charge in [0.25, 0.3) is 5.91 Å². The maximum absolute atomic E-state index is 13.0. The molecule has 0 aliphatic carbocycles. The van der Waals surface area contributed by atoms with Crippen molar-refractivity contribution in [2.24, 2.45) is 0 Å². The summed E-state index contributed by atoms with van der Waals surface area (Å²) in [5, 5.41) is 3.67. The summed E-state index contributed by atoms with van der Waals surface area (Å²) in [5.41, 5.74) is 3.43.